The predicted molar refractivity (Wildman–Crippen MR) is 123 cm³/mol. The number of benzene rings is 1. The van der Waals surface area contributed by atoms with Crippen LogP contribution in [0.3, 0.4) is 0 Å². The lowest BCUT2D eigenvalue weighted by Crippen LogP contribution is -2.58. The number of aromatic nitrogens is 4. The lowest BCUT2D eigenvalue weighted by atomic mass is 9.40. The van der Waals surface area contributed by atoms with Gasteiger partial charge in [-0.1, -0.05) is 23.7 Å². The zero-order valence-electron chi connectivity index (χ0n) is 17.0. The summed E-state index contributed by atoms with van der Waals surface area (Å²) in [5.74, 6) is -1.34. The van der Waals surface area contributed by atoms with Gasteiger partial charge in [0.05, 0.1) is 18.1 Å². The number of nitrogens with zero attached hydrogens (tertiary/aromatic N) is 4. The highest BCUT2D eigenvalue weighted by Gasteiger charge is 2.36. The van der Waals surface area contributed by atoms with Crippen molar-refractivity contribution >= 4 is 60.4 Å². The molecule has 0 aliphatic heterocycles. The molecule has 0 atom stereocenters. The van der Waals surface area contributed by atoms with E-state index < -0.39 is 22.4 Å². The summed E-state index contributed by atoms with van der Waals surface area (Å²) in [4.78, 5) is 8.41. The topological polar surface area (TPSA) is 87.9 Å². The first kappa shape index (κ1) is 22.2. The fourth-order valence-corrected chi connectivity index (χ4v) is 2.68. The van der Waals surface area contributed by atoms with Gasteiger partial charge in [-0.05, 0) is 6.07 Å². The van der Waals surface area contributed by atoms with Crippen LogP contribution in [-0.2, 0) is 11.9 Å². The van der Waals surface area contributed by atoms with Gasteiger partial charge in [-0.25, -0.2) is 13.8 Å². The van der Waals surface area contributed by atoms with Crippen molar-refractivity contribution in [1.29, 1.82) is 0 Å². The molecule has 3 N–H and O–H groups in total. The Hall–Kier alpha value is -2.52. The van der Waals surface area contributed by atoms with Crippen LogP contribution in [0, 0.1) is 11.6 Å². The monoisotopic (exact) mass is 428 g/mol. The van der Waals surface area contributed by atoms with Crippen LogP contribution in [0.2, 0.25) is 5.02 Å². The average molecular weight is 428 g/mol. The van der Waals surface area contributed by atoms with Crippen molar-refractivity contribution in [2.45, 2.75) is 17.3 Å². The van der Waals surface area contributed by atoms with Gasteiger partial charge in [-0.15, -0.1) is 0 Å². The lowest BCUT2D eigenvalue weighted by molar-refractivity contribution is 0.156. The molecule has 14 heteroatoms. The molecule has 1 aromatic carbocycles. The molecule has 3 aromatic rings. The normalized spacial score (nSPS) is 12.0. The van der Waals surface area contributed by atoms with Crippen LogP contribution in [0.5, 0.6) is 0 Å². The molecule has 0 spiro atoms. The van der Waals surface area contributed by atoms with E-state index in [9.17, 15) is 13.9 Å². The number of rotatable bonds is 7. The Morgan fingerprint density at radius 3 is 2.60 bits per heavy atom. The second-order valence-electron chi connectivity index (χ2n) is 7.87. The minimum atomic E-state index is -1.00. The van der Waals surface area contributed by atoms with Crippen LogP contribution in [0.1, 0.15) is 5.56 Å². The third-order valence-corrected chi connectivity index (χ3v) is 5.41. The first-order valence-corrected chi connectivity index (χ1v) is 9.60. The van der Waals surface area contributed by atoms with E-state index in [-0.39, 0.29) is 28.9 Å². The summed E-state index contributed by atoms with van der Waals surface area (Å²) >= 11 is 6.12. The number of aliphatic hydroxyl groups is 1. The summed E-state index contributed by atoms with van der Waals surface area (Å²) in [6.07, 6.45) is 4.71. The first-order chi connectivity index (χ1) is 14.0. The van der Waals surface area contributed by atoms with Gasteiger partial charge in [-0.3, -0.25) is 4.68 Å². The number of hydrogen-bond donors (Lipinski definition) is 3. The van der Waals surface area contributed by atoms with Crippen molar-refractivity contribution < 1.29 is 13.9 Å². The average Bonchev–Trinajstić information content (AvgIpc) is 3.13. The Bertz CT molecular complexity index is 1060. The molecule has 0 aliphatic rings. The van der Waals surface area contributed by atoms with Crippen LogP contribution in [0.4, 0.5) is 26.2 Å². The largest absolute Gasteiger partial charge is 0.407 e. The van der Waals surface area contributed by atoms with Crippen molar-refractivity contribution in [3.05, 3.63) is 59.0 Å². The number of nitrogens with one attached hydrogen (secondary N) is 2. The van der Waals surface area contributed by atoms with Gasteiger partial charge in [0, 0.05) is 29.0 Å². The summed E-state index contributed by atoms with van der Waals surface area (Å²) in [6, 6.07) is 3.95. The van der Waals surface area contributed by atoms with Crippen LogP contribution < -0.4 is 10.6 Å². The molecular weight excluding hydrogens is 409 g/mol. The van der Waals surface area contributed by atoms with Crippen molar-refractivity contribution in [2.75, 3.05) is 10.6 Å². The molecule has 0 radical (unpaired) electrons. The van der Waals surface area contributed by atoms with Crippen molar-refractivity contribution in [1.82, 2.24) is 19.7 Å². The Balaban J connectivity index is 1.75. The third kappa shape index (κ3) is 4.62. The highest BCUT2D eigenvalue weighted by Crippen LogP contribution is 2.24. The fraction of sp³-hybridized carbons (Fsp3) is 0.188. The maximum absolute atomic E-state index is 13.8. The van der Waals surface area contributed by atoms with E-state index >= 15 is 0 Å². The molecule has 2 heterocycles. The third-order valence-electron chi connectivity index (χ3n) is 5.13. The maximum atomic E-state index is 13.8. The van der Waals surface area contributed by atoms with Crippen molar-refractivity contribution in [2.24, 2.45) is 0 Å². The van der Waals surface area contributed by atoms with Gasteiger partial charge in [0.25, 0.3) is 0 Å². The van der Waals surface area contributed by atoms with Crippen LogP contribution >= 0.6 is 11.6 Å². The quantitative estimate of drug-likeness (QED) is 0.408. The van der Waals surface area contributed by atoms with Crippen LogP contribution in [0.25, 0.3) is 0 Å². The summed E-state index contributed by atoms with van der Waals surface area (Å²) in [7, 11) is 7.17. The molecule has 0 unspecified atom stereocenters. The number of anilines is 3. The van der Waals surface area contributed by atoms with E-state index in [1.165, 1.54) is 18.3 Å². The molecule has 7 nitrogen and oxygen atoms in total. The molecule has 0 fully saturated rings. The second kappa shape index (κ2) is 8.31. The second-order valence-corrected chi connectivity index (χ2v) is 8.28. The van der Waals surface area contributed by atoms with E-state index in [1.54, 1.807) is 32.8 Å². The Morgan fingerprint density at radius 2 is 1.90 bits per heavy atom. The van der Waals surface area contributed by atoms with E-state index in [2.05, 4.69) is 25.7 Å². The van der Waals surface area contributed by atoms with Crippen molar-refractivity contribution in [3.8, 4) is 0 Å². The standard InChI is InChI=1S/C16H19B4ClF2N6O/c17-15(18,16(19,20)30)29-7-9(5-26-29)27-14-25-6-10(21)13(28-14)24-4-8-2-1-3-11(22)12(8)23/h1-3,5-7,30H,4,17-20H2,(H2,24,25,27,28). The molecule has 0 aliphatic carbocycles. The van der Waals surface area contributed by atoms with Gasteiger partial charge < -0.3 is 15.7 Å². The minimum absolute atomic E-state index is 0.00251. The predicted octanol–water partition coefficient (Wildman–Crippen LogP) is -1.25. The molecule has 152 valence electrons. The van der Waals surface area contributed by atoms with Crippen molar-refractivity contribution in [3.63, 3.8) is 0 Å². The van der Waals surface area contributed by atoms with E-state index in [4.69, 9.17) is 11.6 Å². The summed E-state index contributed by atoms with van der Waals surface area (Å²) < 4.78 is 28.8. The number of halogens is 3. The lowest BCUT2D eigenvalue weighted by Gasteiger charge is -2.38. The molecule has 30 heavy (non-hydrogen) atoms. The smallest absolute Gasteiger partial charge is 0.229 e. The van der Waals surface area contributed by atoms with Gasteiger partial charge in [0.1, 0.15) is 36.4 Å². The minimum Gasteiger partial charge on any atom is -0.407 e. The molecule has 0 saturated carbocycles. The fourth-order valence-electron chi connectivity index (χ4n) is 2.52. The summed E-state index contributed by atoms with van der Waals surface area (Å²) in [5.41, 5.74) is 0.756. The maximum Gasteiger partial charge on any atom is 0.229 e. The van der Waals surface area contributed by atoms with Crippen LogP contribution in [-0.4, -0.2) is 61.6 Å². The first-order valence-electron chi connectivity index (χ1n) is 9.23. The SMILES string of the molecule is BC(B)(O)C(B)(B)n1cc(Nc2ncc(Cl)c(NCc3cccc(F)c3F)n2)cn1. The van der Waals surface area contributed by atoms with Crippen LogP contribution in [0.15, 0.2) is 36.8 Å². The zero-order chi connectivity index (χ0) is 22.1. The van der Waals surface area contributed by atoms with E-state index in [0.717, 1.165) is 6.07 Å². The molecule has 2 aromatic heterocycles. The highest BCUT2D eigenvalue weighted by atomic mass is 35.5. The van der Waals surface area contributed by atoms with Gasteiger partial charge in [0.15, 0.2) is 17.5 Å². The zero-order valence-corrected chi connectivity index (χ0v) is 17.8. The Morgan fingerprint density at radius 1 is 1.17 bits per heavy atom. The number of hydrogen-bond acceptors (Lipinski definition) is 6. The van der Waals surface area contributed by atoms with Gasteiger partial charge in [0.2, 0.25) is 5.95 Å². The molecule has 0 amide bonds. The van der Waals surface area contributed by atoms with E-state index in [1.807, 2.05) is 15.7 Å². The molecule has 0 bridgehead atoms. The van der Waals surface area contributed by atoms with Gasteiger partial charge in [-0.2, -0.15) is 10.1 Å². The Labute approximate surface area is 181 Å². The summed E-state index contributed by atoms with van der Waals surface area (Å²) in [5, 5.41) is 19.2. The van der Waals surface area contributed by atoms with Gasteiger partial charge >= 0.3 is 0 Å². The molecule has 3 rings (SSSR count). The molecule has 0 saturated heterocycles. The van der Waals surface area contributed by atoms with E-state index in [0.29, 0.717) is 5.69 Å². The molecular formula is C16H19B4ClF2N6O. The highest BCUT2D eigenvalue weighted by molar-refractivity contribution is 6.52. The Kier molecular flexibility index (Phi) is 6.14. The summed E-state index contributed by atoms with van der Waals surface area (Å²) in [6.45, 7) is -0.00251.